The molecule has 0 bridgehead atoms. The molecule has 2 saturated heterocycles. The van der Waals surface area contributed by atoms with E-state index < -0.39 is 0 Å². The predicted octanol–water partition coefficient (Wildman–Crippen LogP) is 2.56. The molecule has 0 saturated carbocycles. The number of nitrogens with zero attached hydrogens (tertiary/aromatic N) is 1. The standard InChI is InChI=1S/C15H20ClNO3/c16-13-1-3-14(4-2-13)18-10-9-17-7-5-15(6-8-17)19-11-12-20-15/h1-4H,5-12H2. The van der Waals surface area contributed by atoms with Crippen molar-refractivity contribution in [2.24, 2.45) is 0 Å². The van der Waals surface area contributed by atoms with Crippen LogP contribution in [0, 0.1) is 0 Å². The van der Waals surface area contributed by atoms with E-state index in [4.69, 9.17) is 25.8 Å². The number of ether oxygens (including phenoxy) is 3. The van der Waals surface area contributed by atoms with Crippen LogP contribution in [0.25, 0.3) is 0 Å². The zero-order chi connectivity index (χ0) is 13.8. The molecule has 0 atom stereocenters. The molecule has 0 radical (unpaired) electrons. The van der Waals surface area contributed by atoms with Gasteiger partial charge < -0.3 is 14.2 Å². The SMILES string of the molecule is Clc1ccc(OCCN2CCC3(CC2)OCCO3)cc1. The summed E-state index contributed by atoms with van der Waals surface area (Å²) in [6, 6.07) is 7.48. The van der Waals surface area contributed by atoms with Crippen molar-refractivity contribution < 1.29 is 14.2 Å². The van der Waals surface area contributed by atoms with E-state index in [1.54, 1.807) is 0 Å². The van der Waals surface area contributed by atoms with Crippen molar-refractivity contribution in [1.29, 1.82) is 0 Å². The third-order valence-electron chi connectivity index (χ3n) is 3.92. The van der Waals surface area contributed by atoms with Crippen LogP contribution in [0.5, 0.6) is 5.75 Å². The van der Waals surface area contributed by atoms with Gasteiger partial charge in [0.05, 0.1) is 13.2 Å². The number of hydrogen-bond donors (Lipinski definition) is 0. The van der Waals surface area contributed by atoms with Crippen molar-refractivity contribution in [2.45, 2.75) is 18.6 Å². The summed E-state index contributed by atoms with van der Waals surface area (Å²) in [6.07, 6.45) is 1.90. The molecule has 4 nitrogen and oxygen atoms in total. The van der Waals surface area contributed by atoms with Gasteiger partial charge in [0.1, 0.15) is 12.4 Å². The predicted molar refractivity (Wildman–Crippen MR) is 77.3 cm³/mol. The zero-order valence-electron chi connectivity index (χ0n) is 11.5. The summed E-state index contributed by atoms with van der Waals surface area (Å²) in [5.74, 6) is 0.582. The summed E-state index contributed by atoms with van der Waals surface area (Å²) in [5.41, 5.74) is 0. The van der Waals surface area contributed by atoms with Gasteiger partial charge in [-0.05, 0) is 24.3 Å². The maximum Gasteiger partial charge on any atom is 0.170 e. The number of benzene rings is 1. The number of hydrogen-bond acceptors (Lipinski definition) is 4. The van der Waals surface area contributed by atoms with E-state index >= 15 is 0 Å². The molecule has 0 aromatic heterocycles. The van der Waals surface area contributed by atoms with E-state index in [0.717, 1.165) is 56.5 Å². The third kappa shape index (κ3) is 3.44. The molecule has 1 spiro atoms. The molecule has 0 amide bonds. The van der Waals surface area contributed by atoms with Crippen molar-refractivity contribution in [1.82, 2.24) is 4.90 Å². The maximum atomic E-state index is 5.84. The summed E-state index contributed by atoms with van der Waals surface area (Å²) >= 11 is 5.84. The molecule has 5 heteroatoms. The molecule has 3 rings (SSSR count). The molecular formula is C15H20ClNO3. The summed E-state index contributed by atoms with van der Waals surface area (Å²) in [4.78, 5) is 2.40. The van der Waals surface area contributed by atoms with Crippen LogP contribution in [0.15, 0.2) is 24.3 Å². The highest BCUT2D eigenvalue weighted by Gasteiger charge is 2.39. The van der Waals surface area contributed by atoms with E-state index in [2.05, 4.69) is 4.90 Å². The average molecular weight is 298 g/mol. The minimum Gasteiger partial charge on any atom is -0.492 e. The lowest BCUT2D eigenvalue weighted by Crippen LogP contribution is -2.46. The van der Waals surface area contributed by atoms with Crippen LogP contribution in [-0.2, 0) is 9.47 Å². The van der Waals surface area contributed by atoms with Gasteiger partial charge in [0, 0.05) is 37.5 Å². The first-order chi connectivity index (χ1) is 9.76. The number of piperidine rings is 1. The first-order valence-corrected chi connectivity index (χ1v) is 7.52. The van der Waals surface area contributed by atoms with Gasteiger partial charge in [-0.1, -0.05) is 11.6 Å². The van der Waals surface area contributed by atoms with Gasteiger partial charge >= 0.3 is 0 Å². The van der Waals surface area contributed by atoms with Gasteiger partial charge in [-0.3, -0.25) is 4.90 Å². The molecule has 1 aromatic carbocycles. The Morgan fingerprint density at radius 3 is 2.40 bits per heavy atom. The monoisotopic (exact) mass is 297 g/mol. The van der Waals surface area contributed by atoms with E-state index in [1.807, 2.05) is 24.3 Å². The molecule has 2 fully saturated rings. The second-order valence-corrected chi connectivity index (χ2v) is 5.69. The molecule has 1 aromatic rings. The topological polar surface area (TPSA) is 30.9 Å². The Labute approximate surface area is 124 Å². The first kappa shape index (κ1) is 14.1. The molecule has 0 N–H and O–H groups in total. The Hall–Kier alpha value is -0.810. The van der Waals surface area contributed by atoms with Crippen LogP contribution in [0.1, 0.15) is 12.8 Å². The van der Waals surface area contributed by atoms with Crippen LogP contribution in [-0.4, -0.2) is 50.1 Å². The molecule has 2 aliphatic heterocycles. The van der Waals surface area contributed by atoms with Crippen LogP contribution in [0.4, 0.5) is 0 Å². The van der Waals surface area contributed by atoms with Gasteiger partial charge in [-0.15, -0.1) is 0 Å². The number of likely N-dealkylation sites (tertiary alicyclic amines) is 1. The normalized spacial score (nSPS) is 22.2. The van der Waals surface area contributed by atoms with E-state index in [-0.39, 0.29) is 5.79 Å². The second kappa shape index (κ2) is 6.31. The number of rotatable bonds is 4. The summed E-state index contributed by atoms with van der Waals surface area (Å²) in [7, 11) is 0. The third-order valence-corrected chi connectivity index (χ3v) is 4.17. The molecule has 2 aliphatic rings. The fraction of sp³-hybridized carbons (Fsp3) is 0.600. The highest BCUT2D eigenvalue weighted by atomic mass is 35.5. The van der Waals surface area contributed by atoms with E-state index in [0.29, 0.717) is 6.61 Å². The van der Waals surface area contributed by atoms with Crippen molar-refractivity contribution in [3.05, 3.63) is 29.3 Å². The molecular weight excluding hydrogens is 278 g/mol. The summed E-state index contributed by atoms with van der Waals surface area (Å²) < 4.78 is 17.2. The minimum absolute atomic E-state index is 0.284. The maximum absolute atomic E-state index is 5.84. The van der Waals surface area contributed by atoms with Crippen molar-refractivity contribution in [3.8, 4) is 5.75 Å². The molecule has 20 heavy (non-hydrogen) atoms. The fourth-order valence-corrected chi connectivity index (χ4v) is 2.85. The summed E-state index contributed by atoms with van der Waals surface area (Å²) in [6.45, 7) is 5.10. The van der Waals surface area contributed by atoms with Crippen LogP contribution >= 0.6 is 11.6 Å². The Balaban J connectivity index is 1.38. The van der Waals surface area contributed by atoms with E-state index in [1.165, 1.54) is 0 Å². The van der Waals surface area contributed by atoms with Crippen molar-refractivity contribution in [3.63, 3.8) is 0 Å². The van der Waals surface area contributed by atoms with Gasteiger partial charge in [0.15, 0.2) is 5.79 Å². The second-order valence-electron chi connectivity index (χ2n) is 5.25. The largest absolute Gasteiger partial charge is 0.492 e. The van der Waals surface area contributed by atoms with Crippen LogP contribution in [0.3, 0.4) is 0 Å². The average Bonchev–Trinajstić information content (AvgIpc) is 2.92. The minimum atomic E-state index is -0.284. The van der Waals surface area contributed by atoms with Gasteiger partial charge in [-0.2, -0.15) is 0 Å². The van der Waals surface area contributed by atoms with Crippen molar-refractivity contribution >= 4 is 11.6 Å². The lowest BCUT2D eigenvalue weighted by molar-refractivity contribution is -0.185. The quantitative estimate of drug-likeness (QED) is 0.855. The van der Waals surface area contributed by atoms with Crippen molar-refractivity contribution in [2.75, 3.05) is 39.5 Å². The first-order valence-electron chi connectivity index (χ1n) is 7.14. The van der Waals surface area contributed by atoms with E-state index in [9.17, 15) is 0 Å². The lowest BCUT2D eigenvalue weighted by Gasteiger charge is -2.37. The fourth-order valence-electron chi connectivity index (χ4n) is 2.73. The Morgan fingerprint density at radius 2 is 1.75 bits per heavy atom. The zero-order valence-corrected chi connectivity index (χ0v) is 12.3. The van der Waals surface area contributed by atoms with Crippen LogP contribution in [0.2, 0.25) is 5.02 Å². The van der Waals surface area contributed by atoms with Gasteiger partial charge in [0.2, 0.25) is 0 Å². The Kier molecular flexibility index (Phi) is 4.46. The smallest absolute Gasteiger partial charge is 0.170 e. The summed E-state index contributed by atoms with van der Waals surface area (Å²) in [5, 5.41) is 0.732. The molecule has 0 unspecified atom stereocenters. The molecule has 0 aliphatic carbocycles. The Bertz CT molecular complexity index is 421. The lowest BCUT2D eigenvalue weighted by atomic mass is 10.0. The highest BCUT2D eigenvalue weighted by Crippen LogP contribution is 2.31. The molecule has 110 valence electrons. The Morgan fingerprint density at radius 1 is 1.10 bits per heavy atom. The van der Waals surface area contributed by atoms with Gasteiger partial charge in [0.25, 0.3) is 0 Å². The molecule has 2 heterocycles. The highest BCUT2D eigenvalue weighted by molar-refractivity contribution is 6.30. The number of halogens is 1. The van der Waals surface area contributed by atoms with Crippen LogP contribution < -0.4 is 4.74 Å². The van der Waals surface area contributed by atoms with Gasteiger partial charge in [-0.25, -0.2) is 0 Å².